The van der Waals surface area contributed by atoms with Crippen LogP contribution in [0.15, 0.2) is 82.0 Å². The van der Waals surface area contributed by atoms with Gasteiger partial charge in [0.05, 0.1) is 17.9 Å². The number of carboxylic acid groups (broad SMARTS) is 1. The number of ether oxygens (including phenoxy) is 3. The number of alkyl carbamates (subject to hydrolysis) is 1. The zero-order chi connectivity index (χ0) is 46.5. The van der Waals surface area contributed by atoms with Crippen molar-refractivity contribution in [2.45, 2.75) is 135 Å². The molecule has 15 heteroatoms. The molecule has 6 rings (SSSR count). The smallest absolute Gasteiger partial charge is 0.407 e. The highest BCUT2D eigenvalue weighted by Crippen LogP contribution is 2.41. The van der Waals surface area contributed by atoms with E-state index in [1.165, 1.54) is 75.3 Å². The van der Waals surface area contributed by atoms with Gasteiger partial charge in [0.2, 0.25) is 12.2 Å². The fraction of sp³-hybridized carbons (Fsp3) is 0.440. The zero-order valence-electron chi connectivity index (χ0n) is 36.9. The first-order valence-corrected chi connectivity index (χ1v) is 22.5. The summed E-state index contributed by atoms with van der Waals surface area (Å²) in [6.45, 7) is 3.15. The first-order valence-electron chi connectivity index (χ1n) is 22.5. The van der Waals surface area contributed by atoms with E-state index in [0.717, 1.165) is 24.8 Å². The van der Waals surface area contributed by atoms with Crippen molar-refractivity contribution in [3.63, 3.8) is 0 Å². The Morgan fingerprint density at radius 1 is 0.754 bits per heavy atom. The summed E-state index contributed by atoms with van der Waals surface area (Å²) >= 11 is 0. The van der Waals surface area contributed by atoms with Crippen LogP contribution in [0, 0.1) is 6.92 Å². The highest BCUT2D eigenvalue weighted by molar-refractivity contribution is 6.07. The largest absolute Gasteiger partial charge is 0.478 e. The van der Waals surface area contributed by atoms with Crippen LogP contribution in [-0.4, -0.2) is 80.8 Å². The fourth-order valence-corrected chi connectivity index (χ4v) is 8.06. The van der Waals surface area contributed by atoms with E-state index in [9.17, 15) is 44.7 Å². The van der Waals surface area contributed by atoms with Crippen LogP contribution in [0.1, 0.15) is 111 Å². The Morgan fingerprint density at radius 2 is 1.45 bits per heavy atom. The van der Waals surface area contributed by atoms with Crippen molar-refractivity contribution in [2.75, 3.05) is 11.9 Å². The minimum atomic E-state index is -1.69. The van der Waals surface area contributed by atoms with E-state index in [1.807, 2.05) is 25.1 Å². The third kappa shape index (κ3) is 12.9. The molecule has 0 saturated carbocycles. The van der Waals surface area contributed by atoms with Gasteiger partial charge < -0.3 is 54.8 Å². The van der Waals surface area contributed by atoms with Gasteiger partial charge in [-0.05, 0) is 72.0 Å². The van der Waals surface area contributed by atoms with E-state index in [1.54, 1.807) is 24.3 Å². The number of benzene rings is 4. The van der Waals surface area contributed by atoms with Gasteiger partial charge in [-0.25, -0.2) is 9.59 Å². The lowest BCUT2D eigenvalue weighted by molar-refractivity contribution is -0.277. The summed E-state index contributed by atoms with van der Waals surface area (Å²) in [5.41, 5.74) is 3.81. The summed E-state index contributed by atoms with van der Waals surface area (Å²) in [5, 5.41) is 57.4. The van der Waals surface area contributed by atoms with Gasteiger partial charge in [0.1, 0.15) is 48.1 Å². The molecule has 1 fully saturated rings. The average molecular weight is 897 g/mol. The average Bonchev–Trinajstić information content (AvgIpc) is 3.29. The van der Waals surface area contributed by atoms with Gasteiger partial charge in [-0.1, -0.05) is 101 Å². The van der Waals surface area contributed by atoms with Crippen LogP contribution in [-0.2, 0) is 27.4 Å². The Hall–Kier alpha value is -5.84. The molecule has 0 aromatic heterocycles. The van der Waals surface area contributed by atoms with E-state index in [2.05, 4.69) is 17.6 Å². The molecule has 348 valence electrons. The van der Waals surface area contributed by atoms with Crippen molar-refractivity contribution >= 4 is 34.6 Å². The maximum absolute atomic E-state index is 13.2. The molecule has 3 aromatic carbocycles. The van der Waals surface area contributed by atoms with E-state index < -0.39 is 49.4 Å². The number of nitrogens with one attached hydrogen (secondary N) is 2. The van der Waals surface area contributed by atoms with Gasteiger partial charge >= 0.3 is 12.1 Å². The maximum atomic E-state index is 13.2. The van der Waals surface area contributed by atoms with Crippen molar-refractivity contribution in [3.8, 4) is 28.2 Å². The van der Waals surface area contributed by atoms with Crippen LogP contribution in [0.25, 0.3) is 33.4 Å². The summed E-state index contributed by atoms with van der Waals surface area (Å²) < 4.78 is 23.0. The van der Waals surface area contributed by atoms with Crippen LogP contribution >= 0.6 is 0 Å². The van der Waals surface area contributed by atoms with Crippen LogP contribution in [0.2, 0.25) is 0 Å². The Kier molecular flexibility index (Phi) is 17.5. The lowest BCUT2D eigenvalue weighted by Crippen LogP contribution is -2.60. The first kappa shape index (κ1) is 48.6. The van der Waals surface area contributed by atoms with Crippen molar-refractivity contribution < 1.29 is 58.5 Å². The Bertz CT molecular complexity index is 2430. The van der Waals surface area contributed by atoms with Gasteiger partial charge in [0, 0.05) is 35.5 Å². The zero-order valence-corrected chi connectivity index (χ0v) is 36.9. The second kappa shape index (κ2) is 23.4. The molecule has 7 N–H and O–H groups in total. The quantitative estimate of drug-likeness (QED) is 0.0260. The molecular formula is C50H60N2O13. The number of aliphatic hydroxyl groups is 4. The number of carboxylic acids is 1. The number of hydrogen-bond donors (Lipinski definition) is 7. The Morgan fingerprint density at radius 3 is 2.15 bits per heavy atom. The Balaban J connectivity index is 1.10. The Labute approximate surface area is 377 Å². The highest BCUT2D eigenvalue weighted by atomic mass is 16.7. The predicted molar refractivity (Wildman–Crippen MR) is 244 cm³/mol. The third-order valence-corrected chi connectivity index (χ3v) is 11.7. The number of amides is 2. The lowest BCUT2D eigenvalue weighted by atomic mass is 9.89. The molecule has 0 bridgehead atoms. The summed E-state index contributed by atoms with van der Waals surface area (Å²) in [5.74, 6) is -1.11. The molecule has 15 nitrogen and oxygen atoms in total. The number of aliphatic hydroxyl groups excluding tert-OH is 4. The van der Waals surface area contributed by atoms with Crippen LogP contribution in [0.3, 0.4) is 0 Å². The summed E-state index contributed by atoms with van der Waals surface area (Å²) in [6, 6.07) is 19.3. The van der Waals surface area contributed by atoms with Crippen LogP contribution in [0.5, 0.6) is 5.75 Å². The van der Waals surface area contributed by atoms with Gasteiger partial charge in [-0.2, -0.15) is 0 Å². The molecule has 1 saturated heterocycles. The van der Waals surface area contributed by atoms with Gasteiger partial charge in [0.15, 0.2) is 5.43 Å². The highest BCUT2D eigenvalue weighted by Gasteiger charge is 2.45. The van der Waals surface area contributed by atoms with Crippen LogP contribution in [0.4, 0.5) is 10.5 Å². The molecule has 0 radical (unpaired) electrons. The number of carbonyl (C=O) groups excluding carboxylic acids is 2. The molecule has 2 heterocycles. The van der Waals surface area contributed by atoms with Crippen molar-refractivity contribution in [3.05, 3.63) is 105 Å². The van der Waals surface area contributed by atoms with Crippen LogP contribution < -0.4 is 20.8 Å². The third-order valence-electron chi connectivity index (χ3n) is 11.7. The maximum Gasteiger partial charge on any atom is 0.407 e. The first-order chi connectivity index (χ1) is 31.4. The fourth-order valence-electron chi connectivity index (χ4n) is 8.06. The number of carbonyl (C=O) groups is 3. The van der Waals surface area contributed by atoms with Crippen molar-refractivity contribution in [1.29, 1.82) is 0 Å². The van der Waals surface area contributed by atoms with Crippen molar-refractivity contribution in [1.82, 2.24) is 5.32 Å². The number of anilines is 1. The van der Waals surface area contributed by atoms with E-state index >= 15 is 0 Å². The topological polar surface area (TPSA) is 234 Å². The second-order valence-corrected chi connectivity index (χ2v) is 16.7. The van der Waals surface area contributed by atoms with E-state index in [4.69, 9.17) is 18.6 Å². The molecule has 5 atom stereocenters. The molecule has 2 unspecified atom stereocenters. The number of fused-ring (bicyclic) bond motifs is 2. The summed E-state index contributed by atoms with van der Waals surface area (Å²) in [6.07, 6.45) is 4.21. The SMILES string of the molecule is CCCCCCCCCCCCCC(=O)Nc1cc(COC(=O)NCc2ccc(-c3c4ccc(=O)cc-4oc4cc(C)ccc34)c(C(=O)O)c2)ccc1O[C@@H]1OC(CO)[C@H](O)[C@H](O)C1O. The normalized spacial score (nSPS) is 18.4. The molecule has 0 spiro atoms. The summed E-state index contributed by atoms with van der Waals surface area (Å²) in [7, 11) is 0. The van der Waals surface area contributed by atoms with Gasteiger partial charge in [-0.3, -0.25) is 9.59 Å². The minimum absolute atomic E-state index is 0.0256. The summed E-state index contributed by atoms with van der Waals surface area (Å²) in [4.78, 5) is 51.1. The monoisotopic (exact) mass is 896 g/mol. The van der Waals surface area contributed by atoms with E-state index in [-0.39, 0.29) is 47.9 Å². The van der Waals surface area contributed by atoms with Crippen molar-refractivity contribution in [2.24, 2.45) is 0 Å². The molecule has 65 heavy (non-hydrogen) atoms. The van der Waals surface area contributed by atoms with Gasteiger partial charge in [0.25, 0.3) is 0 Å². The molecule has 1 aliphatic carbocycles. The minimum Gasteiger partial charge on any atom is -0.478 e. The van der Waals surface area contributed by atoms with Gasteiger partial charge in [-0.15, -0.1) is 0 Å². The molecule has 2 aliphatic heterocycles. The second-order valence-electron chi connectivity index (χ2n) is 16.7. The number of aryl methyl sites for hydroxylation is 1. The molecular weight excluding hydrogens is 837 g/mol. The molecule has 2 amide bonds. The molecule has 3 aromatic rings. The predicted octanol–water partition coefficient (Wildman–Crippen LogP) is 7.82. The van der Waals surface area contributed by atoms with E-state index in [0.29, 0.717) is 51.0 Å². The number of rotatable bonds is 22. The number of aromatic carboxylic acids is 1. The number of hydrogen-bond acceptors (Lipinski definition) is 12. The molecule has 3 aliphatic rings. The standard InChI is InChI=1S/C50H60N2O13/c1-3-4-5-6-7-8-9-10-11-12-13-14-43(55)52-38-25-32(17-22-39(38)64-49-47(58)46(57)45(56)42(28-53)65-49)29-62-50(61)51-27-31-16-20-34(37(24-31)48(59)60)44-35-19-15-30(2)23-40(35)63-41-26-33(54)18-21-36(41)44/h15-26,42,45-47,49,53,56-58H,3-14,27-29H2,1-2H3,(H,51,61)(H,52,55)(H,59,60)/t42?,45-,46-,47?,49+/m0/s1. The number of unbranched alkanes of at least 4 members (excludes halogenated alkanes) is 10. The lowest BCUT2D eigenvalue weighted by Gasteiger charge is -2.39.